The Balaban J connectivity index is 1.73. The summed E-state index contributed by atoms with van der Waals surface area (Å²) < 4.78 is 32.4. The Morgan fingerprint density at radius 3 is 2.50 bits per heavy atom. The van der Waals surface area contributed by atoms with Gasteiger partial charge in [-0.05, 0) is 25.7 Å². The Labute approximate surface area is 123 Å². The fourth-order valence-corrected chi connectivity index (χ4v) is 4.68. The van der Waals surface area contributed by atoms with Crippen molar-refractivity contribution in [2.45, 2.75) is 45.1 Å². The van der Waals surface area contributed by atoms with E-state index in [1.807, 2.05) is 0 Å². The van der Waals surface area contributed by atoms with Crippen LogP contribution in [0.15, 0.2) is 0 Å². The van der Waals surface area contributed by atoms with E-state index in [4.69, 9.17) is 4.74 Å². The van der Waals surface area contributed by atoms with Crippen molar-refractivity contribution in [2.75, 3.05) is 38.6 Å². The van der Waals surface area contributed by atoms with Crippen LogP contribution in [0.25, 0.3) is 0 Å². The quantitative estimate of drug-likeness (QED) is 0.801. The van der Waals surface area contributed by atoms with Crippen LogP contribution in [0.1, 0.15) is 39.0 Å². The Hall–Kier alpha value is -0.170. The number of rotatable bonds is 6. The van der Waals surface area contributed by atoms with Gasteiger partial charge in [-0.2, -0.15) is 0 Å². The van der Waals surface area contributed by atoms with Crippen LogP contribution < -0.4 is 4.72 Å². The highest BCUT2D eigenvalue weighted by atomic mass is 32.2. The summed E-state index contributed by atoms with van der Waals surface area (Å²) in [6.45, 7) is 5.87. The second-order valence-corrected chi connectivity index (χ2v) is 7.98. The van der Waals surface area contributed by atoms with E-state index >= 15 is 0 Å². The van der Waals surface area contributed by atoms with Gasteiger partial charge < -0.3 is 4.74 Å². The molecule has 1 atom stereocenters. The van der Waals surface area contributed by atoms with E-state index in [-0.39, 0.29) is 6.04 Å². The van der Waals surface area contributed by atoms with Crippen molar-refractivity contribution in [3.8, 4) is 0 Å². The molecule has 0 aromatic heterocycles. The standard InChI is InChI=1S/C14H28N2O3S/c1-13(16-7-9-19-10-8-16)11-15-20(17,18)12-14-5-3-2-4-6-14/h13-15H,2-12H2,1H3/t13-/m1/s1. The first-order chi connectivity index (χ1) is 9.57. The molecule has 0 aromatic rings. The van der Waals surface area contributed by atoms with Gasteiger partial charge >= 0.3 is 0 Å². The van der Waals surface area contributed by atoms with E-state index < -0.39 is 10.0 Å². The lowest BCUT2D eigenvalue weighted by Crippen LogP contribution is -2.47. The molecule has 1 aliphatic heterocycles. The zero-order valence-corrected chi connectivity index (χ0v) is 13.3. The largest absolute Gasteiger partial charge is 0.379 e. The Bertz CT molecular complexity index is 374. The van der Waals surface area contributed by atoms with E-state index in [1.165, 1.54) is 19.3 Å². The fraction of sp³-hybridized carbons (Fsp3) is 1.00. The maximum atomic E-state index is 12.1. The van der Waals surface area contributed by atoms with Crippen LogP contribution in [-0.2, 0) is 14.8 Å². The minimum atomic E-state index is -3.12. The number of hydrogen-bond donors (Lipinski definition) is 1. The molecular weight excluding hydrogens is 276 g/mol. The van der Waals surface area contributed by atoms with E-state index in [1.54, 1.807) is 0 Å². The zero-order valence-electron chi connectivity index (χ0n) is 12.5. The predicted molar refractivity (Wildman–Crippen MR) is 80.2 cm³/mol. The molecule has 1 saturated heterocycles. The molecule has 0 bridgehead atoms. The second-order valence-electron chi connectivity index (χ2n) is 6.13. The number of nitrogens with one attached hydrogen (secondary N) is 1. The lowest BCUT2D eigenvalue weighted by Gasteiger charge is -2.32. The fourth-order valence-electron chi connectivity index (χ4n) is 3.12. The van der Waals surface area contributed by atoms with Crippen molar-refractivity contribution in [3.05, 3.63) is 0 Å². The molecule has 1 saturated carbocycles. The smallest absolute Gasteiger partial charge is 0.211 e. The molecule has 0 unspecified atom stereocenters. The van der Waals surface area contributed by atoms with Gasteiger partial charge in [-0.3, -0.25) is 4.90 Å². The number of morpholine rings is 1. The summed E-state index contributed by atoms with van der Waals surface area (Å²) in [5, 5.41) is 0. The maximum Gasteiger partial charge on any atom is 0.211 e. The highest BCUT2D eigenvalue weighted by Gasteiger charge is 2.23. The van der Waals surface area contributed by atoms with E-state index in [2.05, 4.69) is 16.5 Å². The van der Waals surface area contributed by atoms with Crippen molar-refractivity contribution < 1.29 is 13.2 Å². The van der Waals surface area contributed by atoms with Crippen LogP contribution in [0.3, 0.4) is 0 Å². The molecule has 20 heavy (non-hydrogen) atoms. The number of hydrogen-bond acceptors (Lipinski definition) is 4. The zero-order chi connectivity index (χ0) is 14.4. The van der Waals surface area contributed by atoms with Crippen molar-refractivity contribution in [1.82, 2.24) is 9.62 Å². The van der Waals surface area contributed by atoms with Crippen LogP contribution in [0, 0.1) is 5.92 Å². The van der Waals surface area contributed by atoms with Gasteiger partial charge in [0.05, 0.1) is 19.0 Å². The average Bonchev–Trinajstić information content (AvgIpc) is 2.46. The first kappa shape index (κ1) is 16.2. The van der Waals surface area contributed by atoms with Gasteiger partial charge in [0.2, 0.25) is 10.0 Å². The third-order valence-electron chi connectivity index (χ3n) is 4.45. The van der Waals surface area contributed by atoms with Crippen LogP contribution in [0.5, 0.6) is 0 Å². The summed E-state index contributed by atoms with van der Waals surface area (Å²) in [6, 6.07) is 0.236. The van der Waals surface area contributed by atoms with Gasteiger partial charge in [0.25, 0.3) is 0 Å². The third kappa shape index (κ3) is 5.31. The third-order valence-corrected chi connectivity index (χ3v) is 5.96. The molecule has 5 nitrogen and oxygen atoms in total. The van der Waals surface area contributed by atoms with Gasteiger partial charge in [-0.1, -0.05) is 19.3 Å². The second kappa shape index (κ2) is 7.73. The summed E-state index contributed by atoms with van der Waals surface area (Å²) in [4.78, 5) is 2.28. The van der Waals surface area contributed by atoms with Crippen molar-refractivity contribution in [1.29, 1.82) is 0 Å². The van der Waals surface area contributed by atoms with Gasteiger partial charge in [0.15, 0.2) is 0 Å². The molecule has 1 N–H and O–H groups in total. The predicted octanol–water partition coefficient (Wildman–Crippen LogP) is 1.21. The highest BCUT2D eigenvalue weighted by molar-refractivity contribution is 7.89. The molecule has 1 heterocycles. The lowest BCUT2D eigenvalue weighted by atomic mass is 9.91. The Morgan fingerprint density at radius 1 is 1.20 bits per heavy atom. The molecule has 0 aromatic carbocycles. The molecule has 2 fully saturated rings. The van der Waals surface area contributed by atoms with Crippen molar-refractivity contribution >= 4 is 10.0 Å². The molecule has 6 heteroatoms. The summed E-state index contributed by atoms with van der Waals surface area (Å²) in [5.41, 5.74) is 0. The molecule has 0 amide bonds. The molecule has 2 rings (SSSR count). The molecule has 118 valence electrons. The first-order valence-electron chi connectivity index (χ1n) is 7.86. The number of nitrogens with zero attached hydrogens (tertiary/aromatic N) is 1. The highest BCUT2D eigenvalue weighted by Crippen LogP contribution is 2.24. The van der Waals surface area contributed by atoms with E-state index in [9.17, 15) is 8.42 Å². The van der Waals surface area contributed by atoms with Gasteiger partial charge in [0, 0.05) is 25.7 Å². The minimum Gasteiger partial charge on any atom is -0.379 e. The molecular formula is C14H28N2O3S. The van der Waals surface area contributed by atoms with Crippen LogP contribution in [0.2, 0.25) is 0 Å². The molecule has 0 spiro atoms. The average molecular weight is 304 g/mol. The SMILES string of the molecule is C[C@H](CNS(=O)(=O)CC1CCCCC1)N1CCOCC1. The summed E-state index contributed by atoms with van der Waals surface area (Å²) in [7, 11) is -3.12. The van der Waals surface area contributed by atoms with Crippen LogP contribution in [-0.4, -0.2) is 58.0 Å². The van der Waals surface area contributed by atoms with Crippen LogP contribution in [0.4, 0.5) is 0 Å². The Morgan fingerprint density at radius 2 is 1.85 bits per heavy atom. The van der Waals surface area contributed by atoms with Crippen molar-refractivity contribution in [2.24, 2.45) is 5.92 Å². The molecule has 1 aliphatic carbocycles. The lowest BCUT2D eigenvalue weighted by molar-refractivity contribution is 0.0213. The van der Waals surface area contributed by atoms with Crippen LogP contribution >= 0.6 is 0 Å². The number of sulfonamides is 1. The normalized spacial score (nSPS) is 24.6. The first-order valence-corrected chi connectivity index (χ1v) is 9.51. The molecule has 0 radical (unpaired) electrons. The van der Waals surface area contributed by atoms with Gasteiger partial charge in [-0.15, -0.1) is 0 Å². The van der Waals surface area contributed by atoms with Crippen molar-refractivity contribution in [3.63, 3.8) is 0 Å². The maximum absolute atomic E-state index is 12.1. The topological polar surface area (TPSA) is 58.6 Å². The molecule has 2 aliphatic rings. The summed E-state index contributed by atoms with van der Waals surface area (Å²) in [5.74, 6) is 0.669. The van der Waals surface area contributed by atoms with Gasteiger partial charge in [0.1, 0.15) is 0 Å². The monoisotopic (exact) mass is 304 g/mol. The van der Waals surface area contributed by atoms with E-state index in [0.717, 1.165) is 39.1 Å². The minimum absolute atomic E-state index is 0.236. The Kier molecular flexibility index (Phi) is 6.26. The van der Waals surface area contributed by atoms with E-state index in [0.29, 0.717) is 18.2 Å². The van der Waals surface area contributed by atoms with Gasteiger partial charge in [-0.25, -0.2) is 13.1 Å². The summed E-state index contributed by atoms with van der Waals surface area (Å²) >= 11 is 0. The number of ether oxygens (including phenoxy) is 1. The summed E-state index contributed by atoms with van der Waals surface area (Å²) in [6.07, 6.45) is 5.77.